The van der Waals surface area contributed by atoms with Crippen LogP contribution < -0.4 is 4.74 Å². The number of thiophene rings is 7. The molecule has 146 heavy (non-hydrogen) atoms. The first-order chi connectivity index (χ1) is 72.0. The number of rotatable bonds is 46. The summed E-state index contributed by atoms with van der Waals surface area (Å²) in [7, 11) is 2.06. The molecule has 10 aromatic rings. The first-order valence-corrected chi connectivity index (χ1v) is 64.2. The van der Waals surface area contributed by atoms with Crippen molar-refractivity contribution in [2.45, 2.75) is 348 Å². The zero-order chi connectivity index (χ0) is 106. The molecule has 1 N–H and O–H groups in total. The molecule has 7 aliphatic rings. The summed E-state index contributed by atoms with van der Waals surface area (Å²) in [5.74, 6) is -0.0991. The third-order valence-electron chi connectivity index (χ3n) is 30.0. The molecule has 8 aromatic heterocycles. The van der Waals surface area contributed by atoms with E-state index in [9.17, 15) is 29.7 Å². The minimum atomic E-state index is -1.75. The molecular formula is C123H145IN8O5P2S7. The number of fused-ring (bicyclic) bond motifs is 15. The van der Waals surface area contributed by atoms with E-state index in [0.29, 0.717) is 61.9 Å². The Balaban J connectivity index is 0.000000230. The van der Waals surface area contributed by atoms with Crippen LogP contribution in [0.25, 0.3) is 80.3 Å². The van der Waals surface area contributed by atoms with Crippen molar-refractivity contribution in [1.29, 1.82) is 27.4 Å². The predicted molar refractivity (Wildman–Crippen MR) is 636 cm³/mol. The number of nitriles is 4. The standard InChI is InChI=1S/C62H62N4O2S4.C42H60O2S2.C10H4N2OS.C5H5N.C2H4NP.CH6IP.CH4/c1-7-11-15-19-23-61(24-20-16-12-8-2)49-31-42-50(32-41(49)59-51(61)29-39(71-59)27-43-55(53(33-63)65-5)45-35-69-37-47(45)57(43)67)62(25-21-17-13-9-3,26-22-18-14-10-4)52-30-40(72-60(42)52)28-44-56(54(34-64)66-6)46-36-70-38-48(46)58(44)68;1-6-10-14-18-22-41(23-19-15-11-7-2)34-28-33-35(27-32(34)39-36(41)26-31(30-43)45-39)42(24-20-16-12-8-3,25-21-17-13-9-4)37-29-38(44-5)46-40(33)37;11-2-6(3-12)7-1-10(13)9-5-14-4-8(7)9;1-2-4-6-5-3-1;1-2-4-3;1-3-2;/h27-32,35-38H,7-26H2,1-4H3;26-30H,6-25H2,1-5H3;4-5H,1H2;1-5H;2-3H,1H2;3H,2H2,1H3;1H4/b43-27-,44-28-,55-53-,56-54+;;;;;;/i;;;;2T;2TD;. The van der Waals surface area contributed by atoms with Crippen LogP contribution in [0.2, 0.25) is 0 Å². The molecule has 2 aromatic carbocycles. The second-order valence-electron chi connectivity index (χ2n) is 38.9. The van der Waals surface area contributed by atoms with Gasteiger partial charge in [0.1, 0.15) is 17.7 Å². The zero-order valence-electron chi connectivity index (χ0n) is 89.3. The molecule has 0 spiro atoms. The average Bonchev–Trinajstić information content (AvgIpc) is 1.53. The summed E-state index contributed by atoms with van der Waals surface area (Å²) >= 11 is 9.67. The Labute approximate surface area is 917 Å². The van der Waals surface area contributed by atoms with Gasteiger partial charge in [-0.2, -0.15) is 44.5 Å². The van der Waals surface area contributed by atoms with Crippen LogP contribution in [0.1, 0.15) is 439 Å². The van der Waals surface area contributed by atoms with Crippen molar-refractivity contribution in [3.05, 3.63) is 267 Å². The van der Waals surface area contributed by atoms with Gasteiger partial charge in [0.25, 0.3) is 11.4 Å². The summed E-state index contributed by atoms with van der Waals surface area (Å²) in [6, 6.07) is 33.5. The number of carbonyl (C=O) groups excluding carboxylic acids is 4. The van der Waals surface area contributed by atoms with Crippen molar-refractivity contribution in [2.75, 3.05) is 13.8 Å². The maximum Gasteiger partial charge on any atom is 0.270 e. The van der Waals surface area contributed by atoms with Crippen LogP contribution in [0.3, 0.4) is 0 Å². The average molecular weight is 2230 g/mol. The monoisotopic (exact) mass is 2230 g/mol. The van der Waals surface area contributed by atoms with Gasteiger partial charge in [-0.05, 0) is 230 Å². The minimum Gasteiger partial charge on any atom is -0.289 e. The smallest absolute Gasteiger partial charge is 0.270 e. The van der Waals surface area contributed by atoms with E-state index in [2.05, 4.69) is 137 Å². The topological polar surface area (TPSA) is 218 Å². The van der Waals surface area contributed by atoms with Gasteiger partial charge >= 0.3 is 35.7 Å². The van der Waals surface area contributed by atoms with Gasteiger partial charge in [0.05, 0.1) is 38.6 Å². The van der Waals surface area contributed by atoms with Crippen molar-refractivity contribution < 1.29 is 25.3 Å². The molecule has 13 nitrogen and oxygen atoms in total. The van der Waals surface area contributed by atoms with Crippen LogP contribution in [-0.2, 0) is 21.7 Å². The number of hydrogen-bond donors (Lipinski definition) is 1. The Morgan fingerprint density at radius 3 is 1.05 bits per heavy atom. The molecule has 8 heterocycles. The number of ether oxygens (including phenoxy) is 1. The fourth-order valence-electron chi connectivity index (χ4n) is 23.0. The van der Waals surface area contributed by atoms with Crippen LogP contribution in [0.15, 0.2) is 152 Å². The number of aromatic nitrogens is 1. The molecule has 1 unspecified atom stereocenters. The van der Waals surface area contributed by atoms with Gasteiger partial charge in [-0.3, -0.25) is 29.3 Å². The number of benzene rings is 2. The Morgan fingerprint density at radius 1 is 0.473 bits per heavy atom. The zero-order valence-corrected chi connectivity index (χ0v) is 96.0. The number of unbranched alkanes of at least 4 members (excludes halogenated alkanes) is 24. The Hall–Kier alpha value is -9.39. The molecule has 0 amide bonds. The summed E-state index contributed by atoms with van der Waals surface area (Å²) in [5.41, 5.74) is 23.1. The molecule has 766 valence electrons. The van der Waals surface area contributed by atoms with E-state index < -0.39 is 21.6 Å². The maximum atomic E-state index is 14.2. The van der Waals surface area contributed by atoms with Gasteiger partial charge < -0.3 is 4.74 Å². The van der Waals surface area contributed by atoms with Crippen LogP contribution in [0, 0.1) is 63.6 Å². The number of carbonyl (C=O) groups is 4. The molecular weight excluding hydrogens is 2080 g/mol. The summed E-state index contributed by atoms with van der Waals surface area (Å²) < 4.78 is 25.7. The molecule has 0 radical (unpaired) electrons. The van der Waals surface area contributed by atoms with E-state index >= 15 is 0 Å². The number of nitrogens with zero attached hydrogens (tertiary/aromatic N) is 7. The number of nitrogens with one attached hydrogen (secondary N) is 1. The van der Waals surface area contributed by atoms with Crippen molar-refractivity contribution in [3.63, 3.8) is 0 Å². The fourth-order valence-corrected chi connectivity index (χ4v) is 30.2. The van der Waals surface area contributed by atoms with E-state index in [-0.39, 0.29) is 84.0 Å². The quantitative estimate of drug-likeness (QED) is 0.00723. The van der Waals surface area contributed by atoms with Gasteiger partial charge in [0.2, 0.25) is 0 Å². The molecule has 7 aliphatic carbocycles. The normalized spacial score (nSPS) is 15.9. The Bertz CT molecular complexity index is 6480. The maximum absolute atomic E-state index is 14.2. The minimum absolute atomic E-state index is 0. The SMILES string of the molecule is C.CCCCCCC1(CCCCCC)c2cc3c(cc2-c2sc(C=O)cc21)C(CCCCCC)(CCCCCC)c1cc(OC)sc1-3.N#CC(C#N)=C1CC(=O)c2cscc21.[2H]I([3H])PC.[3H]C(=C)P=N.[C-]#[N+]/C(C#N)=C1/C(=C/c2cc3c(s2)-c2cc4c(cc2C3(CCCCCC)CCCCCC)-c2sc(/C=C3\C(=O)c5cscc5\C3=C(/C#N)[N+]#[C-])cc2C4(CCCCCC)CCCCCC)C(=O)c2cscc21.c1ccncc1. The number of ketones is 3. The second kappa shape index (κ2) is 57.6. The third-order valence-corrected chi connectivity index (χ3v) is 36.9. The summed E-state index contributed by atoms with van der Waals surface area (Å²) in [6.45, 7) is 39.2. The number of pyridine rings is 1. The number of methoxy groups -OCH3 is 1. The number of aldehydes is 1. The largest absolute Gasteiger partial charge is 0.289 e. The summed E-state index contributed by atoms with van der Waals surface area (Å²) in [5, 5.41) is 56.1. The molecule has 0 saturated heterocycles. The van der Waals surface area contributed by atoms with E-state index in [4.69, 9.17) is 36.1 Å². The van der Waals surface area contributed by atoms with Crippen molar-refractivity contribution in [2.24, 2.45) is 0 Å². The molecule has 0 saturated carbocycles. The molecule has 0 fully saturated rings. The third kappa shape index (κ3) is 25.4. The van der Waals surface area contributed by atoms with Crippen LogP contribution in [-0.4, -0.2) is 43.6 Å². The van der Waals surface area contributed by atoms with Crippen LogP contribution in [0.5, 0.6) is 5.06 Å². The van der Waals surface area contributed by atoms with Gasteiger partial charge in [0.15, 0.2) is 28.7 Å². The number of hydrogen-bond acceptors (Lipinski definition) is 18. The number of Topliss-reactive ketones (excluding diaryl/α,β-unsaturated/α-hetero) is 3. The van der Waals surface area contributed by atoms with Crippen molar-refractivity contribution >= 4 is 168 Å². The molecule has 0 bridgehead atoms. The number of halogens is 1. The molecule has 23 heteroatoms. The van der Waals surface area contributed by atoms with Crippen molar-refractivity contribution in [1.82, 2.24) is 4.98 Å². The fraction of sp³-hybridized carbons (Fsp3) is 0.455. The molecule has 1 atom stereocenters. The summed E-state index contributed by atoms with van der Waals surface area (Å²) in [4.78, 5) is 71.3. The Kier molecular flexibility index (Phi) is 44.3. The Morgan fingerprint density at radius 2 is 0.774 bits per heavy atom. The first-order valence-electron chi connectivity index (χ1n) is 53.9. The predicted octanol–water partition coefficient (Wildman–Crippen LogP) is 40.1. The van der Waals surface area contributed by atoms with E-state index in [0.717, 1.165) is 134 Å². The van der Waals surface area contributed by atoms with E-state index in [1.54, 1.807) is 62.9 Å². The second-order valence-corrected chi connectivity index (χ2v) is 49.6. The van der Waals surface area contributed by atoms with Crippen LogP contribution in [0.4, 0.5) is 0 Å². The van der Waals surface area contributed by atoms with E-state index in [1.807, 2.05) is 94.5 Å². The molecule has 17 rings (SSSR count). The molecule has 0 aliphatic heterocycles. The van der Waals surface area contributed by atoms with Gasteiger partial charge in [-0.1, -0.05) is 292 Å². The van der Waals surface area contributed by atoms with Crippen molar-refractivity contribution in [3.8, 4) is 71.1 Å². The summed E-state index contributed by atoms with van der Waals surface area (Å²) in [6.07, 6.45) is 57.3. The van der Waals surface area contributed by atoms with Gasteiger partial charge in [0, 0.05) is 139 Å². The number of allylic oxidation sites excluding steroid dienone is 8. The first kappa shape index (κ1) is 112. The van der Waals surface area contributed by atoms with Crippen LogP contribution >= 0.6 is 116 Å². The van der Waals surface area contributed by atoms with E-state index in [1.165, 1.54) is 263 Å². The van der Waals surface area contributed by atoms with Gasteiger partial charge in [-0.15, -0.1) is 34.0 Å². The van der Waals surface area contributed by atoms with Gasteiger partial charge in [-0.25, -0.2) is 20.2 Å².